The number of benzene rings is 3. The number of hydrogen-bond donors (Lipinski definition) is 2. The number of aromatic nitrogens is 1. The Hall–Kier alpha value is -4.31. The summed E-state index contributed by atoms with van der Waals surface area (Å²) in [6.45, 7) is 3.99. The predicted molar refractivity (Wildman–Crippen MR) is 132 cm³/mol. The van der Waals surface area contributed by atoms with Gasteiger partial charge in [0.1, 0.15) is 5.52 Å². The van der Waals surface area contributed by atoms with Crippen LogP contribution in [0.15, 0.2) is 65.1 Å². The van der Waals surface area contributed by atoms with Crippen LogP contribution >= 0.6 is 12.2 Å². The van der Waals surface area contributed by atoms with E-state index >= 15 is 0 Å². The average molecular weight is 477 g/mol. The molecule has 0 aliphatic rings. The number of anilines is 1. The average Bonchev–Trinajstić information content (AvgIpc) is 3.23. The van der Waals surface area contributed by atoms with Crippen LogP contribution in [0, 0.1) is 17.0 Å². The molecule has 34 heavy (non-hydrogen) atoms. The number of nitrogens with zero attached hydrogens (tertiary/aromatic N) is 2. The van der Waals surface area contributed by atoms with Crippen molar-refractivity contribution in [3.63, 3.8) is 0 Å². The molecule has 0 aliphatic heterocycles. The normalized spacial score (nSPS) is 10.6. The Kier molecular flexibility index (Phi) is 6.51. The van der Waals surface area contributed by atoms with Gasteiger partial charge >= 0.3 is 5.69 Å². The third kappa shape index (κ3) is 5.02. The predicted octanol–water partition coefficient (Wildman–Crippen LogP) is 5.24. The summed E-state index contributed by atoms with van der Waals surface area (Å²) in [7, 11) is 0. The molecule has 0 atom stereocenters. The molecule has 0 fully saturated rings. The summed E-state index contributed by atoms with van der Waals surface area (Å²) < 4.78 is 11.1. The second-order valence-corrected chi connectivity index (χ2v) is 7.76. The lowest BCUT2D eigenvalue weighted by Gasteiger charge is -2.10. The van der Waals surface area contributed by atoms with E-state index in [2.05, 4.69) is 15.6 Å². The number of thiocarbonyl (C=S) groups is 1. The molecule has 0 saturated carbocycles. The van der Waals surface area contributed by atoms with Crippen LogP contribution in [0.25, 0.3) is 22.6 Å². The van der Waals surface area contributed by atoms with Gasteiger partial charge in [-0.2, -0.15) is 0 Å². The molecule has 3 aromatic carbocycles. The highest BCUT2D eigenvalue weighted by molar-refractivity contribution is 7.80. The fourth-order valence-electron chi connectivity index (χ4n) is 3.24. The molecule has 0 bridgehead atoms. The van der Waals surface area contributed by atoms with Crippen molar-refractivity contribution >= 4 is 45.7 Å². The Morgan fingerprint density at radius 3 is 2.62 bits per heavy atom. The third-order valence-corrected chi connectivity index (χ3v) is 5.09. The minimum Gasteiger partial charge on any atom is -0.487 e. The number of nitrogens with one attached hydrogen (secondary N) is 2. The van der Waals surface area contributed by atoms with E-state index < -0.39 is 10.8 Å². The largest absolute Gasteiger partial charge is 0.487 e. The number of nitro groups is 1. The molecule has 0 saturated heterocycles. The lowest BCUT2D eigenvalue weighted by atomic mass is 10.1. The van der Waals surface area contributed by atoms with Gasteiger partial charge in [0.05, 0.1) is 11.5 Å². The van der Waals surface area contributed by atoms with E-state index in [4.69, 9.17) is 21.4 Å². The van der Waals surface area contributed by atoms with Crippen LogP contribution in [0.2, 0.25) is 0 Å². The van der Waals surface area contributed by atoms with Gasteiger partial charge in [-0.05, 0) is 68.5 Å². The van der Waals surface area contributed by atoms with E-state index in [1.54, 1.807) is 25.1 Å². The van der Waals surface area contributed by atoms with Crippen molar-refractivity contribution in [1.29, 1.82) is 0 Å². The molecule has 1 aromatic heterocycles. The van der Waals surface area contributed by atoms with Crippen molar-refractivity contribution in [2.75, 3.05) is 11.9 Å². The fraction of sp³-hybridized carbons (Fsp3) is 0.125. The van der Waals surface area contributed by atoms with Crippen molar-refractivity contribution < 1.29 is 18.9 Å². The maximum atomic E-state index is 12.6. The zero-order valence-electron chi connectivity index (χ0n) is 18.3. The zero-order chi connectivity index (χ0) is 24.2. The molecule has 2 N–H and O–H groups in total. The number of oxazole rings is 1. The first kappa shape index (κ1) is 22.9. The number of amides is 1. The van der Waals surface area contributed by atoms with Gasteiger partial charge in [-0.3, -0.25) is 20.2 Å². The lowest BCUT2D eigenvalue weighted by Crippen LogP contribution is -2.34. The summed E-state index contributed by atoms with van der Waals surface area (Å²) in [5, 5.41) is 16.8. The summed E-state index contributed by atoms with van der Waals surface area (Å²) in [6, 6.07) is 17.1. The van der Waals surface area contributed by atoms with Crippen molar-refractivity contribution in [2.45, 2.75) is 13.8 Å². The number of carbonyl (C=O) groups is 1. The Bertz CT molecular complexity index is 1400. The molecule has 4 aromatic rings. The second-order valence-electron chi connectivity index (χ2n) is 7.35. The SMILES string of the molecule is CCOc1ccc(C(=O)NC(=S)Nc2ccc3oc(-c4ccc(C)cc4)nc3c2)cc1[N+](=O)[O-]. The number of carbonyl (C=O) groups excluding carboxylic acids is 1. The summed E-state index contributed by atoms with van der Waals surface area (Å²) in [6.07, 6.45) is 0. The summed E-state index contributed by atoms with van der Waals surface area (Å²) in [4.78, 5) is 27.8. The van der Waals surface area contributed by atoms with Crippen LogP contribution < -0.4 is 15.4 Å². The number of aryl methyl sites for hydroxylation is 1. The van der Waals surface area contributed by atoms with Crippen molar-refractivity contribution in [1.82, 2.24) is 10.3 Å². The van der Waals surface area contributed by atoms with Crippen LogP contribution in [0.4, 0.5) is 11.4 Å². The molecule has 172 valence electrons. The Morgan fingerprint density at radius 1 is 1.15 bits per heavy atom. The Labute approximate surface area is 199 Å². The fourth-order valence-corrected chi connectivity index (χ4v) is 3.45. The Balaban J connectivity index is 1.46. The molecule has 1 amide bonds. The molecule has 0 aliphatic carbocycles. The summed E-state index contributed by atoms with van der Waals surface area (Å²) in [5.74, 6) is 0.00335. The second kappa shape index (κ2) is 9.67. The highest BCUT2D eigenvalue weighted by Gasteiger charge is 2.19. The molecular weight excluding hydrogens is 456 g/mol. The van der Waals surface area contributed by atoms with Gasteiger partial charge in [-0.1, -0.05) is 17.7 Å². The number of nitro benzene ring substituents is 1. The van der Waals surface area contributed by atoms with Gasteiger partial charge in [0.15, 0.2) is 16.4 Å². The van der Waals surface area contributed by atoms with Gasteiger partial charge in [-0.25, -0.2) is 4.98 Å². The molecular formula is C24H20N4O5S. The standard InChI is InChI=1S/C24H20N4O5S/c1-3-32-21-10-8-16(12-19(21)28(30)31)22(29)27-24(34)25-17-9-11-20-18(13-17)26-23(33-20)15-6-4-14(2)5-7-15/h4-13H,3H2,1-2H3,(H2,25,27,29,34). The number of rotatable bonds is 6. The van der Waals surface area contributed by atoms with E-state index in [1.807, 2.05) is 31.2 Å². The molecule has 10 heteroatoms. The van der Waals surface area contributed by atoms with Gasteiger partial charge in [0.25, 0.3) is 5.91 Å². The Morgan fingerprint density at radius 2 is 1.91 bits per heavy atom. The quantitative estimate of drug-likeness (QED) is 0.220. The van der Waals surface area contributed by atoms with Crippen LogP contribution in [-0.4, -0.2) is 27.5 Å². The van der Waals surface area contributed by atoms with Crippen LogP contribution in [0.3, 0.4) is 0 Å². The number of fused-ring (bicyclic) bond motifs is 1. The molecule has 0 radical (unpaired) electrons. The smallest absolute Gasteiger partial charge is 0.311 e. The van der Waals surface area contributed by atoms with Crippen molar-refractivity contribution in [3.05, 3.63) is 81.9 Å². The highest BCUT2D eigenvalue weighted by Crippen LogP contribution is 2.28. The van der Waals surface area contributed by atoms with Crippen molar-refractivity contribution in [3.8, 4) is 17.2 Å². The maximum Gasteiger partial charge on any atom is 0.311 e. The molecule has 0 spiro atoms. The maximum absolute atomic E-state index is 12.6. The summed E-state index contributed by atoms with van der Waals surface area (Å²) >= 11 is 5.24. The lowest BCUT2D eigenvalue weighted by molar-refractivity contribution is -0.385. The topological polar surface area (TPSA) is 120 Å². The van der Waals surface area contributed by atoms with E-state index in [1.165, 1.54) is 12.1 Å². The first-order valence-electron chi connectivity index (χ1n) is 10.3. The minimum atomic E-state index is -0.601. The van der Waals surface area contributed by atoms with E-state index in [-0.39, 0.29) is 28.7 Å². The highest BCUT2D eigenvalue weighted by atomic mass is 32.1. The first-order valence-corrected chi connectivity index (χ1v) is 10.8. The van der Waals surface area contributed by atoms with Crippen LogP contribution in [0.1, 0.15) is 22.8 Å². The first-order chi connectivity index (χ1) is 16.3. The van der Waals surface area contributed by atoms with Gasteiger partial charge in [-0.15, -0.1) is 0 Å². The van der Waals surface area contributed by atoms with Gasteiger partial charge in [0.2, 0.25) is 5.89 Å². The van der Waals surface area contributed by atoms with Crippen molar-refractivity contribution in [2.24, 2.45) is 0 Å². The minimum absolute atomic E-state index is 0.0307. The number of hydrogen-bond acceptors (Lipinski definition) is 7. The molecule has 0 unspecified atom stereocenters. The number of ether oxygens (including phenoxy) is 1. The van der Waals surface area contributed by atoms with Crippen LogP contribution in [-0.2, 0) is 0 Å². The monoisotopic (exact) mass is 476 g/mol. The molecule has 1 heterocycles. The van der Waals surface area contributed by atoms with E-state index in [0.717, 1.165) is 17.2 Å². The molecule has 4 rings (SSSR count). The van der Waals surface area contributed by atoms with Gasteiger partial charge in [0, 0.05) is 22.9 Å². The van der Waals surface area contributed by atoms with Crippen LogP contribution in [0.5, 0.6) is 5.75 Å². The third-order valence-electron chi connectivity index (χ3n) is 4.89. The van der Waals surface area contributed by atoms with E-state index in [0.29, 0.717) is 22.7 Å². The van der Waals surface area contributed by atoms with Gasteiger partial charge < -0.3 is 14.5 Å². The van der Waals surface area contributed by atoms with E-state index in [9.17, 15) is 14.9 Å². The summed E-state index contributed by atoms with van der Waals surface area (Å²) in [5.41, 5.74) is 3.61. The molecule has 9 nitrogen and oxygen atoms in total. The zero-order valence-corrected chi connectivity index (χ0v) is 19.1.